The molecule has 4 aromatic rings. The summed E-state index contributed by atoms with van der Waals surface area (Å²) >= 11 is 18.1. The highest BCUT2D eigenvalue weighted by Crippen LogP contribution is 2.41. The van der Waals surface area contributed by atoms with Gasteiger partial charge in [-0.3, -0.25) is 9.78 Å². The largest absolute Gasteiger partial charge is 0.459 e. The lowest BCUT2D eigenvalue weighted by atomic mass is 10.0. The van der Waals surface area contributed by atoms with Crippen LogP contribution in [-0.4, -0.2) is 27.4 Å². The fourth-order valence-corrected chi connectivity index (χ4v) is 5.13. The number of thiocarbonyl (C=S) groups is 1. The quantitative estimate of drug-likeness (QED) is 0.245. The molecule has 6 nitrogen and oxygen atoms in total. The van der Waals surface area contributed by atoms with E-state index in [1.165, 1.54) is 12.1 Å². The molecule has 1 fully saturated rings. The van der Waals surface area contributed by atoms with Crippen molar-refractivity contribution < 1.29 is 13.6 Å². The van der Waals surface area contributed by atoms with Crippen LogP contribution in [0.25, 0.3) is 11.3 Å². The van der Waals surface area contributed by atoms with E-state index < -0.39 is 5.82 Å². The van der Waals surface area contributed by atoms with E-state index in [2.05, 4.69) is 15.6 Å². The standard InChI is InChI=1S/C27H21Cl2FN4O2S/c28-16-8-9-17(18(29)15-16)22-10-11-23(36-22)26-25(21-7-3-4-13-31-21)33-27(37)34(26)14-12-24(35)32-20-6-2-1-5-19(20)30/h1-11,13,15,25-26H,12,14H2,(H,32,35)(H,33,37)/t25-,26+/m0/s1. The Labute approximate surface area is 228 Å². The van der Waals surface area contributed by atoms with E-state index in [1.54, 1.807) is 36.5 Å². The number of amides is 1. The van der Waals surface area contributed by atoms with Gasteiger partial charge in [0.25, 0.3) is 0 Å². The van der Waals surface area contributed by atoms with E-state index in [4.69, 9.17) is 39.8 Å². The number of pyridine rings is 1. The van der Waals surface area contributed by atoms with Gasteiger partial charge >= 0.3 is 0 Å². The molecule has 0 aliphatic carbocycles. The topological polar surface area (TPSA) is 70.4 Å². The van der Waals surface area contributed by atoms with Gasteiger partial charge in [0.15, 0.2) is 5.11 Å². The van der Waals surface area contributed by atoms with Gasteiger partial charge < -0.3 is 20.0 Å². The highest BCUT2D eigenvalue weighted by Gasteiger charge is 2.41. The molecule has 188 valence electrons. The Morgan fingerprint density at radius 2 is 1.92 bits per heavy atom. The Bertz CT molecular complexity index is 1450. The van der Waals surface area contributed by atoms with Crippen LogP contribution in [0.5, 0.6) is 0 Å². The highest BCUT2D eigenvalue weighted by atomic mass is 35.5. The Balaban J connectivity index is 1.42. The molecule has 0 saturated carbocycles. The number of hydrogen-bond acceptors (Lipinski definition) is 4. The maximum absolute atomic E-state index is 14.0. The predicted octanol–water partition coefficient (Wildman–Crippen LogP) is 6.79. The van der Waals surface area contributed by atoms with Crippen LogP contribution in [-0.2, 0) is 4.79 Å². The van der Waals surface area contributed by atoms with Gasteiger partial charge in [0.2, 0.25) is 5.91 Å². The summed E-state index contributed by atoms with van der Waals surface area (Å²) in [6.07, 6.45) is 1.79. The van der Waals surface area contributed by atoms with Crippen LogP contribution in [0.3, 0.4) is 0 Å². The minimum absolute atomic E-state index is 0.0815. The number of nitrogens with zero attached hydrogens (tertiary/aromatic N) is 2. The van der Waals surface area contributed by atoms with Crippen molar-refractivity contribution in [2.24, 2.45) is 0 Å². The molecular formula is C27H21Cl2FN4O2S. The zero-order valence-electron chi connectivity index (χ0n) is 19.3. The van der Waals surface area contributed by atoms with Crippen molar-refractivity contribution in [2.45, 2.75) is 18.5 Å². The predicted molar refractivity (Wildman–Crippen MR) is 146 cm³/mol. The molecule has 37 heavy (non-hydrogen) atoms. The van der Waals surface area contributed by atoms with Crippen LogP contribution >= 0.6 is 35.4 Å². The van der Waals surface area contributed by atoms with Gasteiger partial charge in [-0.1, -0.05) is 41.4 Å². The summed E-state index contributed by atoms with van der Waals surface area (Å²) < 4.78 is 20.3. The van der Waals surface area contributed by atoms with Gasteiger partial charge in [0, 0.05) is 29.7 Å². The first-order chi connectivity index (χ1) is 17.9. The molecular weight excluding hydrogens is 534 g/mol. The van der Waals surface area contributed by atoms with Crippen molar-refractivity contribution in [3.05, 3.63) is 106 Å². The number of halogens is 3. The van der Waals surface area contributed by atoms with Crippen LogP contribution in [0.2, 0.25) is 10.0 Å². The van der Waals surface area contributed by atoms with Crippen molar-refractivity contribution >= 4 is 52.1 Å². The third-order valence-electron chi connectivity index (χ3n) is 6.04. The Morgan fingerprint density at radius 1 is 1.11 bits per heavy atom. The number of anilines is 1. The number of rotatable bonds is 7. The molecule has 3 heterocycles. The van der Waals surface area contributed by atoms with Gasteiger partial charge in [-0.2, -0.15) is 0 Å². The normalized spacial score (nSPS) is 17.1. The van der Waals surface area contributed by atoms with Crippen LogP contribution in [0.1, 0.15) is 30.0 Å². The molecule has 0 unspecified atom stereocenters. The first-order valence-corrected chi connectivity index (χ1v) is 12.6. The zero-order chi connectivity index (χ0) is 25.9. The Morgan fingerprint density at radius 3 is 2.68 bits per heavy atom. The number of hydrogen-bond donors (Lipinski definition) is 2. The van der Waals surface area contributed by atoms with Crippen molar-refractivity contribution in [3.8, 4) is 11.3 Å². The summed E-state index contributed by atoms with van der Waals surface area (Å²) in [4.78, 5) is 19.0. The van der Waals surface area contributed by atoms with Crippen molar-refractivity contribution in [2.75, 3.05) is 11.9 Å². The first-order valence-electron chi connectivity index (χ1n) is 11.5. The molecule has 1 saturated heterocycles. The van der Waals surface area contributed by atoms with Crippen molar-refractivity contribution in [3.63, 3.8) is 0 Å². The summed E-state index contributed by atoms with van der Waals surface area (Å²) in [5.74, 6) is 0.373. The summed E-state index contributed by atoms with van der Waals surface area (Å²) in [5.41, 5.74) is 1.61. The Kier molecular flexibility index (Phi) is 7.41. The summed E-state index contributed by atoms with van der Waals surface area (Å²) in [7, 11) is 0. The van der Waals surface area contributed by atoms with E-state index >= 15 is 0 Å². The second kappa shape index (κ2) is 10.9. The summed E-state index contributed by atoms with van der Waals surface area (Å²) in [6.45, 7) is 0.276. The molecule has 2 N–H and O–H groups in total. The monoisotopic (exact) mass is 554 g/mol. The third-order valence-corrected chi connectivity index (χ3v) is 6.94. The fraction of sp³-hybridized carbons (Fsp3) is 0.148. The van der Waals surface area contributed by atoms with E-state index in [9.17, 15) is 9.18 Å². The van der Waals surface area contributed by atoms with E-state index in [-0.39, 0.29) is 36.6 Å². The average Bonchev–Trinajstić information content (AvgIpc) is 3.49. The molecule has 2 aromatic carbocycles. The number of aromatic nitrogens is 1. The molecule has 1 amide bonds. The molecule has 10 heteroatoms. The minimum atomic E-state index is -0.494. The lowest BCUT2D eigenvalue weighted by molar-refractivity contribution is -0.116. The smallest absolute Gasteiger partial charge is 0.226 e. The van der Waals surface area contributed by atoms with Gasteiger partial charge in [-0.25, -0.2) is 4.39 Å². The summed E-state index contributed by atoms with van der Waals surface area (Å²) in [6, 6.07) is 19.9. The highest BCUT2D eigenvalue weighted by molar-refractivity contribution is 7.80. The Hall–Kier alpha value is -3.46. The maximum atomic E-state index is 14.0. The lowest BCUT2D eigenvalue weighted by Gasteiger charge is -2.25. The van der Waals surface area contributed by atoms with E-state index in [0.29, 0.717) is 32.2 Å². The maximum Gasteiger partial charge on any atom is 0.226 e. The first kappa shape index (κ1) is 25.2. The minimum Gasteiger partial charge on any atom is -0.459 e. The van der Waals surface area contributed by atoms with Gasteiger partial charge in [-0.05, 0) is 66.8 Å². The van der Waals surface area contributed by atoms with Gasteiger partial charge in [-0.15, -0.1) is 0 Å². The molecule has 0 radical (unpaired) electrons. The number of furan rings is 1. The lowest BCUT2D eigenvalue weighted by Crippen LogP contribution is -2.32. The summed E-state index contributed by atoms with van der Waals surface area (Å²) in [5, 5.41) is 7.39. The number of benzene rings is 2. The number of para-hydroxylation sites is 1. The molecule has 0 spiro atoms. The van der Waals surface area contributed by atoms with Gasteiger partial charge in [0.05, 0.1) is 22.4 Å². The van der Waals surface area contributed by atoms with E-state index in [0.717, 1.165) is 5.69 Å². The molecule has 0 bridgehead atoms. The number of nitrogens with one attached hydrogen (secondary N) is 2. The zero-order valence-corrected chi connectivity index (χ0v) is 21.7. The molecule has 1 aliphatic heterocycles. The average molecular weight is 555 g/mol. The fourth-order valence-electron chi connectivity index (χ4n) is 4.30. The van der Waals surface area contributed by atoms with Crippen LogP contribution < -0.4 is 10.6 Å². The van der Waals surface area contributed by atoms with Crippen LogP contribution in [0.15, 0.2) is 83.4 Å². The SMILES string of the molecule is O=C(CCN1C(=S)N[C@@H](c2ccccn2)[C@H]1c1ccc(-c2ccc(Cl)cc2Cl)o1)Nc1ccccc1F. The van der Waals surface area contributed by atoms with Gasteiger partial charge in [0.1, 0.15) is 23.4 Å². The molecule has 2 atom stereocenters. The van der Waals surface area contributed by atoms with Crippen molar-refractivity contribution in [1.29, 1.82) is 0 Å². The molecule has 5 rings (SSSR count). The van der Waals surface area contributed by atoms with E-state index in [1.807, 2.05) is 35.2 Å². The third kappa shape index (κ3) is 5.46. The second-order valence-electron chi connectivity index (χ2n) is 8.42. The van der Waals surface area contributed by atoms with Crippen LogP contribution in [0.4, 0.5) is 10.1 Å². The number of carbonyl (C=O) groups is 1. The number of carbonyl (C=O) groups excluding carboxylic acids is 1. The second-order valence-corrected chi connectivity index (χ2v) is 9.65. The van der Waals surface area contributed by atoms with Crippen molar-refractivity contribution in [1.82, 2.24) is 15.2 Å². The van der Waals surface area contributed by atoms with Crippen LogP contribution in [0, 0.1) is 5.82 Å². The molecule has 1 aliphatic rings. The molecule has 2 aromatic heterocycles.